The third kappa shape index (κ3) is 6.90. The van der Waals surface area contributed by atoms with Crippen molar-refractivity contribution >= 4 is 45.9 Å². The Labute approximate surface area is 277 Å². The number of hydrogen-bond donors (Lipinski definition) is 2. The summed E-state index contributed by atoms with van der Waals surface area (Å²) in [6.45, 7) is 6.86. The standard InChI is InChI=1S/C16H16FN7O.C15H14FN7O/c1-9-6-10(7-19-13(9)17)11-8-20-14-12(21-11)15(23-16(18)22-14)24-2-4-25-5-3-24;16-11-2-1-9(7-18-11)10-8-19-13-12(20-10)14(22-15(17)21-13)23-3-5-24-6-4-23/h6-8H,2-5H2,1H3,(H2,18,20,22,23);1-2,7-8H,3-6H2,(H2,17,19,21,22). The zero-order valence-electron chi connectivity index (χ0n) is 26.3. The first kappa shape index (κ1) is 31.7. The summed E-state index contributed by atoms with van der Waals surface area (Å²) in [4.78, 5) is 46.4. The van der Waals surface area contributed by atoms with E-state index >= 15 is 0 Å². The highest BCUT2D eigenvalue weighted by Gasteiger charge is 2.21. The zero-order chi connectivity index (χ0) is 33.9. The van der Waals surface area contributed by atoms with Crippen LogP contribution < -0.4 is 21.3 Å². The molecular formula is C31H30F2N14O2. The van der Waals surface area contributed by atoms with Crippen LogP contribution in [-0.2, 0) is 9.47 Å². The molecule has 2 aliphatic rings. The Bertz CT molecular complexity index is 2130. The van der Waals surface area contributed by atoms with E-state index in [1.54, 1.807) is 31.5 Å². The maximum atomic E-state index is 13.4. The number of halogens is 2. The Morgan fingerprint density at radius 1 is 0.612 bits per heavy atom. The van der Waals surface area contributed by atoms with Crippen molar-refractivity contribution in [2.75, 3.05) is 73.9 Å². The molecule has 2 fully saturated rings. The number of aromatic nitrogens is 10. The Kier molecular flexibility index (Phi) is 8.86. The number of morpholine rings is 2. The molecule has 49 heavy (non-hydrogen) atoms. The molecule has 2 aliphatic heterocycles. The predicted octanol–water partition coefficient (Wildman–Crippen LogP) is 2.39. The van der Waals surface area contributed by atoms with Gasteiger partial charge in [-0.3, -0.25) is 0 Å². The van der Waals surface area contributed by atoms with Gasteiger partial charge in [0.1, 0.15) is 0 Å². The van der Waals surface area contributed by atoms with Crippen molar-refractivity contribution in [1.29, 1.82) is 0 Å². The molecule has 0 spiro atoms. The first-order valence-corrected chi connectivity index (χ1v) is 15.3. The van der Waals surface area contributed by atoms with E-state index in [-0.39, 0.29) is 11.9 Å². The summed E-state index contributed by atoms with van der Waals surface area (Å²) in [5, 5.41) is 0. The van der Waals surface area contributed by atoms with Gasteiger partial charge in [0.05, 0.1) is 50.2 Å². The summed E-state index contributed by atoms with van der Waals surface area (Å²) >= 11 is 0. The first-order valence-electron chi connectivity index (χ1n) is 15.3. The van der Waals surface area contributed by atoms with E-state index in [0.29, 0.717) is 115 Å². The van der Waals surface area contributed by atoms with Gasteiger partial charge in [0, 0.05) is 55.3 Å². The second kappa shape index (κ2) is 13.7. The topological polar surface area (TPSA) is 206 Å². The van der Waals surface area contributed by atoms with Crippen molar-refractivity contribution in [1.82, 2.24) is 49.8 Å². The lowest BCUT2D eigenvalue weighted by molar-refractivity contribution is 0.122. The van der Waals surface area contributed by atoms with Gasteiger partial charge in [-0.05, 0) is 25.1 Å². The van der Waals surface area contributed by atoms with Crippen LogP contribution >= 0.6 is 0 Å². The number of nitrogen functional groups attached to an aromatic ring is 2. The van der Waals surface area contributed by atoms with Crippen molar-refractivity contribution in [2.24, 2.45) is 0 Å². The molecule has 6 aromatic rings. The minimum atomic E-state index is -0.544. The Morgan fingerprint density at radius 3 is 1.61 bits per heavy atom. The maximum Gasteiger partial charge on any atom is 0.224 e. The van der Waals surface area contributed by atoms with Crippen LogP contribution in [0.15, 0.2) is 43.0 Å². The molecule has 0 radical (unpaired) electrons. The Hall–Kier alpha value is -5.88. The van der Waals surface area contributed by atoms with Crippen LogP contribution in [0.4, 0.5) is 32.3 Å². The third-order valence-electron chi connectivity index (χ3n) is 7.77. The lowest BCUT2D eigenvalue weighted by atomic mass is 10.1. The summed E-state index contributed by atoms with van der Waals surface area (Å²) in [5.74, 6) is 0.516. The van der Waals surface area contributed by atoms with Crippen molar-refractivity contribution in [3.05, 3.63) is 60.4 Å². The fourth-order valence-electron chi connectivity index (χ4n) is 5.31. The first-order chi connectivity index (χ1) is 23.8. The number of anilines is 4. The normalized spacial score (nSPS) is 14.9. The van der Waals surface area contributed by atoms with Gasteiger partial charge in [-0.25, -0.2) is 29.9 Å². The van der Waals surface area contributed by atoms with Crippen LogP contribution in [-0.4, -0.2) is 102 Å². The lowest BCUT2D eigenvalue weighted by Crippen LogP contribution is -2.37. The van der Waals surface area contributed by atoms with E-state index in [4.69, 9.17) is 20.9 Å². The van der Waals surface area contributed by atoms with Crippen molar-refractivity contribution in [3.63, 3.8) is 0 Å². The number of nitrogens with two attached hydrogens (primary N) is 2. The average molecular weight is 669 g/mol. The van der Waals surface area contributed by atoms with Gasteiger partial charge in [-0.15, -0.1) is 0 Å². The largest absolute Gasteiger partial charge is 0.378 e. The molecule has 0 amide bonds. The second-order valence-corrected chi connectivity index (χ2v) is 11.1. The van der Waals surface area contributed by atoms with E-state index in [0.717, 1.165) is 0 Å². The lowest BCUT2D eigenvalue weighted by Gasteiger charge is -2.28. The number of fused-ring (bicyclic) bond motifs is 2. The molecule has 0 bridgehead atoms. The van der Waals surface area contributed by atoms with Crippen LogP contribution in [0.25, 0.3) is 44.8 Å². The monoisotopic (exact) mass is 668 g/mol. The van der Waals surface area contributed by atoms with Gasteiger partial charge in [0.2, 0.25) is 23.8 Å². The van der Waals surface area contributed by atoms with E-state index in [1.165, 1.54) is 18.5 Å². The third-order valence-corrected chi connectivity index (χ3v) is 7.77. The van der Waals surface area contributed by atoms with Crippen molar-refractivity contribution < 1.29 is 18.3 Å². The van der Waals surface area contributed by atoms with Crippen LogP contribution in [0.2, 0.25) is 0 Å². The van der Waals surface area contributed by atoms with Crippen LogP contribution in [0, 0.1) is 18.8 Å². The highest BCUT2D eigenvalue weighted by molar-refractivity contribution is 5.86. The average Bonchev–Trinajstić information content (AvgIpc) is 3.13. The van der Waals surface area contributed by atoms with Crippen LogP contribution in [0.1, 0.15) is 5.56 Å². The van der Waals surface area contributed by atoms with Crippen molar-refractivity contribution in [3.8, 4) is 22.5 Å². The predicted molar refractivity (Wildman–Crippen MR) is 176 cm³/mol. The minimum absolute atomic E-state index is 0.148. The zero-order valence-corrected chi connectivity index (χ0v) is 26.3. The second-order valence-electron chi connectivity index (χ2n) is 11.1. The molecule has 6 aromatic heterocycles. The van der Waals surface area contributed by atoms with Gasteiger partial charge in [0.25, 0.3) is 0 Å². The highest BCUT2D eigenvalue weighted by Crippen LogP contribution is 2.27. The number of aryl methyl sites for hydroxylation is 1. The molecular weight excluding hydrogens is 638 g/mol. The minimum Gasteiger partial charge on any atom is -0.378 e. The highest BCUT2D eigenvalue weighted by atomic mass is 19.1. The number of pyridine rings is 2. The molecule has 18 heteroatoms. The number of hydrogen-bond acceptors (Lipinski definition) is 16. The van der Waals surface area contributed by atoms with E-state index < -0.39 is 11.9 Å². The number of rotatable bonds is 4. The molecule has 0 aliphatic carbocycles. The molecule has 0 aromatic carbocycles. The summed E-state index contributed by atoms with van der Waals surface area (Å²) in [6.07, 6.45) is 5.99. The van der Waals surface area contributed by atoms with Gasteiger partial charge < -0.3 is 30.7 Å². The molecule has 0 unspecified atom stereocenters. The molecule has 4 N–H and O–H groups in total. The van der Waals surface area contributed by atoms with E-state index in [9.17, 15) is 8.78 Å². The van der Waals surface area contributed by atoms with Crippen molar-refractivity contribution in [2.45, 2.75) is 6.92 Å². The molecule has 2 saturated heterocycles. The van der Waals surface area contributed by atoms with Gasteiger partial charge in [-0.1, -0.05) is 0 Å². The molecule has 16 nitrogen and oxygen atoms in total. The van der Waals surface area contributed by atoms with Gasteiger partial charge in [0.15, 0.2) is 34.0 Å². The molecule has 0 atom stereocenters. The van der Waals surface area contributed by atoms with Crippen LogP contribution in [0.5, 0.6) is 0 Å². The molecule has 0 saturated carbocycles. The summed E-state index contributed by atoms with van der Waals surface area (Å²) in [5.41, 5.74) is 16.5. The Balaban J connectivity index is 0.000000154. The van der Waals surface area contributed by atoms with Crippen LogP contribution in [0.3, 0.4) is 0 Å². The Morgan fingerprint density at radius 2 is 1.12 bits per heavy atom. The summed E-state index contributed by atoms with van der Waals surface area (Å²) in [7, 11) is 0. The van der Waals surface area contributed by atoms with E-state index in [2.05, 4.69) is 54.7 Å². The van der Waals surface area contributed by atoms with Gasteiger partial charge >= 0.3 is 0 Å². The number of nitrogens with zero attached hydrogens (tertiary/aromatic N) is 12. The molecule has 8 rings (SSSR count). The van der Waals surface area contributed by atoms with E-state index in [1.807, 2.05) is 4.90 Å². The SMILES string of the molecule is Cc1cc(-c2cnc3nc(N)nc(N4CCOCC4)c3n2)cnc1F.Nc1nc(N2CCOCC2)c2nc(-c3ccc(F)nc3)cnc2n1. The fourth-order valence-corrected chi connectivity index (χ4v) is 5.31. The summed E-state index contributed by atoms with van der Waals surface area (Å²) < 4.78 is 37.2. The fraction of sp³-hybridized carbons (Fsp3) is 0.290. The molecule has 8 heterocycles. The molecule has 250 valence electrons. The van der Waals surface area contributed by atoms with Gasteiger partial charge in [-0.2, -0.15) is 28.7 Å². The number of ether oxygens (including phenoxy) is 2. The summed E-state index contributed by atoms with van der Waals surface area (Å²) in [6, 6.07) is 4.57. The smallest absolute Gasteiger partial charge is 0.224 e. The maximum absolute atomic E-state index is 13.4. The quantitative estimate of drug-likeness (QED) is 0.259.